The van der Waals surface area contributed by atoms with E-state index in [9.17, 15) is 4.79 Å². The summed E-state index contributed by atoms with van der Waals surface area (Å²) in [4.78, 5) is 11.9. The summed E-state index contributed by atoms with van der Waals surface area (Å²) in [6, 6.07) is 0.374. The molecule has 0 saturated heterocycles. The molecule has 0 aliphatic heterocycles. The molecule has 1 fully saturated rings. The van der Waals surface area contributed by atoms with Crippen molar-refractivity contribution in [3.05, 3.63) is 0 Å². The van der Waals surface area contributed by atoms with Gasteiger partial charge in [0, 0.05) is 12.6 Å². The lowest BCUT2D eigenvalue weighted by atomic mass is 9.82. The molecule has 1 aliphatic carbocycles. The first-order valence-corrected chi connectivity index (χ1v) is 7.11. The fraction of sp³-hybridized carbons (Fsp3) is 0.929. The molecule has 1 amide bonds. The van der Waals surface area contributed by atoms with Crippen LogP contribution in [0.15, 0.2) is 0 Å². The maximum absolute atomic E-state index is 11.9. The van der Waals surface area contributed by atoms with Gasteiger partial charge in [-0.2, -0.15) is 0 Å². The number of amides is 1. The van der Waals surface area contributed by atoms with Gasteiger partial charge in [0.15, 0.2) is 0 Å². The van der Waals surface area contributed by atoms with Gasteiger partial charge in [-0.05, 0) is 39.0 Å². The van der Waals surface area contributed by atoms with Crippen molar-refractivity contribution < 1.29 is 9.53 Å². The second kappa shape index (κ2) is 7.70. The molecule has 3 heteroatoms. The molecule has 0 heterocycles. The quantitative estimate of drug-likeness (QED) is 0.776. The van der Waals surface area contributed by atoms with Crippen LogP contribution in [-0.4, -0.2) is 24.7 Å². The minimum atomic E-state index is -0.316. The van der Waals surface area contributed by atoms with E-state index < -0.39 is 0 Å². The molecule has 0 aromatic heterocycles. The number of carbonyl (C=O) groups excluding carboxylic acids is 1. The second-order valence-electron chi connectivity index (χ2n) is 5.05. The van der Waals surface area contributed by atoms with Crippen molar-refractivity contribution >= 4 is 5.91 Å². The number of ether oxygens (including phenoxy) is 1. The van der Waals surface area contributed by atoms with Crippen LogP contribution in [-0.2, 0) is 9.53 Å². The first-order chi connectivity index (χ1) is 8.19. The molecular weight excluding hydrogens is 214 g/mol. The van der Waals surface area contributed by atoms with E-state index >= 15 is 0 Å². The Morgan fingerprint density at radius 2 is 2.06 bits per heavy atom. The first-order valence-electron chi connectivity index (χ1n) is 7.11. The van der Waals surface area contributed by atoms with Crippen molar-refractivity contribution in [2.45, 2.75) is 71.4 Å². The van der Waals surface area contributed by atoms with Gasteiger partial charge in [-0.25, -0.2) is 0 Å². The van der Waals surface area contributed by atoms with Crippen molar-refractivity contribution in [2.75, 3.05) is 6.61 Å². The van der Waals surface area contributed by atoms with E-state index in [4.69, 9.17) is 4.74 Å². The smallest absolute Gasteiger partial charge is 0.249 e. The molecule has 0 bridgehead atoms. The number of nitrogens with one attached hydrogen (secondary N) is 1. The van der Waals surface area contributed by atoms with Gasteiger partial charge in [-0.1, -0.05) is 26.2 Å². The molecule has 0 aromatic carbocycles. The monoisotopic (exact) mass is 241 g/mol. The van der Waals surface area contributed by atoms with E-state index in [1.165, 1.54) is 32.1 Å². The summed E-state index contributed by atoms with van der Waals surface area (Å²) in [5.41, 5.74) is 0. The summed E-state index contributed by atoms with van der Waals surface area (Å²) >= 11 is 0. The predicted molar refractivity (Wildman–Crippen MR) is 69.9 cm³/mol. The molecule has 17 heavy (non-hydrogen) atoms. The van der Waals surface area contributed by atoms with Crippen molar-refractivity contribution in [3.63, 3.8) is 0 Å². The van der Waals surface area contributed by atoms with Crippen LogP contribution in [0.2, 0.25) is 0 Å². The minimum Gasteiger partial charge on any atom is -0.369 e. The highest BCUT2D eigenvalue weighted by Crippen LogP contribution is 2.28. The molecule has 3 atom stereocenters. The summed E-state index contributed by atoms with van der Waals surface area (Å²) in [6.07, 6.45) is 7.08. The molecule has 1 aliphatic rings. The summed E-state index contributed by atoms with van der Waals surface area (Å²) in [5, 5.41) is 3.17. The highest BCUT2D eigenvalue weighted by Gasteiger charge is 2.27. The Morgan fingerprint density at radius 3 is 2.71 bits per heavy atom. The van der Waals surface area contributed by atoms with Gasteiger partial charge in [0.25, 0.3) is 0 Å². The Labute approximate surface area is 105 Å². The minimum absolute atomic E-state index is 0.0554. The maximum atomic E-state index is 11.9. The lowest BCUT2D eigenvalue weighted by molar-refractivity contribution is -0.132. The Morgan fingerprint density at radius 1 is 1.35 bits per heavy atom. The SMILES string of the molecule is CCC[C@@H]1CCCC[C@@H]1NC(=O)[C@H](C)OCC. The molecule has 1 saturated carbocycles. The highest BCUT2D eigenvalue weighted by molar-refractivity contribution is 5.80. The average Bonchev–Trinajstić information content (AvgIpc) is 2.32. The average molecular weight is 241 g/mol. The van der Waals surface area contributed by atoms with Crippen molar-refractivity contribution in [1.29, 1.82) is 0 Å². The number of rotatable bonds is 6. The van der Waals surface area contributed by atoms with E-state index in [1.807, 2.05) is 13.8 Å². The second-order valence-corrected chi connectivity index (χ2v) is 5.05. The zero-order valence-electron chi connectivity index (χ0n) is 11.5. The van der Waals surface area contributed by atoms with Gasteiger partial charge in [0.05, 0.1) is 0 Å². The van der Waals surface area contributed by atoms with Gasteiger partial charge < -0.3 is 10.1 Å². The predicted octanol–water partition coefficient (Wildman–Crippen LogP) is 2.89. The summed E-state index contributed by atoms with van der Waals surface area (Å²) in [6.45, 7) is 6.56. The standard InChI is InChI=1S/C14H27NO2/c1-4-8-12-9-6-7-10-13(12)15-14(16)11(3)17-5-2/h11-13H,4-10H2,1-3H3,(H,15,16)/t11-,12+,13-/m0/s1. The van der Waals surface area contributed by atoms with Crippen LogP contribution >= 0.6 is 0 Å². The number of hydrogen-bond acceptors (Lipinski definition) is 2. The molecule has 0 aromatic rings. The zero-order chi connectivity index (χ0) is 12.7. The van der Waals surface area contributed by atoms with Gasteiger partial charge >= 0.3 is 0 Å². The summed E-state index contributed by atoms with van der Waals surface area (Å²) in [7, 11) is 0. The molecule has 0 radical (unpaired) electrons. The van der Waals surface area contributed by atoms with E-state index in [1.54, 1.807) is 0 Å². The maximum Gasteiger partial charge on any atom is 0.249 e. The van der Waals surface area contributed by atoms with Gasteiger partial charge in [0.1, 0.15) is 6.10 Å². The lowest BCUT2D eigenvalue weighted by Gasteiger charge is -2.32. The normalized spacial score (nSPS) is 26.5. The third-order valence-electron chi connectivity index (χ3n) is 3.68. The van der Waals surface area contributed by atoms with Crippen molar-refractivity contribution in [1.82, 2.24) is 5.32 Å². The first kappa shape index (κ1) is 14.5. The van der Waals surface area contributed by atoms with Crippen LogP contribution in [0.3, 0.4) is 0 Å². The van der Waals surface area contributed by atoms with E-state index in [-0.39, 0.29) is 12.0 Å². The van der Waals surface area contributed by atoms with Gasteiger partial charge in [0.2, 0.25) is 5.91 Å². The van der Waals surface area contributed by atoms with Crippen molar-refractivity contribution in [3.8, 4) is 0 Å². The zero-order valence-corrected chi connectivity index (χ0v) is 11.5. The Hall–Kier alpha value is -0.570. The molecule has 1 rings (SSSR count). The molecule has 100 valence electrons. The van der Waals surface area contributed by atoms with Crippen LogP contribution in [0, 0.1) is 5.92 Å². The fourth-order valence-electron chi connectivity index (χ4n) is 2.74. The summed E-state index contributed by atoms with van der Waals surface area (Å²) < 4.78 is 5.33. The summed E-state index contributed by atoms with van der Waals surface area (Å²) in [5.74, 6) is 0.728. The highest BCUT2D eigenvalue weighted by atomic mass is 16.5. The van der Waals surface area contributed by atoms with Gasteiger partial charge in [-0.3, -0.25) is 4.79 Å². The van der Waals surface area contributed by atoms with Crippen LogP contribution in [0.25, 0.3) is 0 Å². The molecule has 0 unspecified atom stereocenters. The largest absolute Gasteiger partial charge is 0.369 e. The lowest BCUT2D eigenvalue weighted by Crippen LogP contribution is -2.46. The Balaban J connectivity index is 2.43. The molecule has 0 spiro atoms. The van der Waals surface area contributed by atoms with E-state index in [0.29, 0.717) is 18.6 Å². The molecule has 3 nitrogen and oxygen atoms in total. The Bertz CT molecular complexity index is 228. The Kier molecular flexibility index (Phi) is 6.56. The molecular formula is C14H27NO2. The number of hydrogen-bond donors (Lipinski definition) is 1. The fourth-order valence-corrected chi connectivity index (χ4v) is 2.74. The molecule has 1 N–H and O–H groups in total. The van der Waals surface area contributed by atoms with Gasteiger partial charge in [-0.15, -0.1) is 0 Å². The van der Waals surface area contributed by atoms with Crippen LogP contribution in [0.1, 0.15) is 59.3 Å². The van der Waals surface area contributed by atoms with Crippen LogP contribution in [0.4, 0.5) is 0 Å². The topological polar surface area (TPSA) is 38.3 Å². The number of carbonyl (C=O) groups is 1. The van der Waals surface area contributed by atoms with Crippen molar-refractivity contribution in [2.24, 2.45) is 5.92 Å². The third kappa shape index (κ3) is 4.66. The van der Waals surface area contributed by atoms with Crippen LogP contribution < -0.4 is 5.32 Å². The van der Waals surface area contributed by atoms with E-state index in [0.717, 1.165) is 6.42 Å². The van der Waals surface area contributed by atoms with Crippen LogP contribution in [0.5, 0.6) is 0 Å². The van der Waals surface area contributed by atoms with E-state index in [2.05, 4.69) is 12.2 Å². The third-order valence-corrected chi connectivity index (χ3v) is 3.68.